The number of aryl methyl sites for hydroxylation is 2. The molecule has 164 valence electrons. The molecule has 0 aliphatic carbocycles. The lowest BCUT2D eigenvalue weighted by atomic mass is 9.99. The summed E-state index contributed by atoms with van der Waals surface area (Å²) in [5, 5.41) is 12.1. The van der Waals surface area contributed by atoms with E-state index in [1.165, 1.54) is 5.69 Å². The van der Waals surface area contributed by atoms with Crippen LogP contribution in [-0.4, -0.2) is 72.5 Å². The summed E-state index contributed by atoms with van der Waals surface area (Å²) in [6, 6.07) is 8.23. The highest BCUT2D eigenvalue weighted by molar-refractivity contribution is 14.0. The van der Waals surface area contributed by atoms with Crippen LogP contribution in [0.25, 0.3) is 0 Å². The summed E-state index contributed by atoms with van der Waals surface area (Å²) in [6.45, 7) is 7.73. The van der Waals surface area contributed by atoms with Crippen molar-refractivity contribution in [2.75, 3.05) is 51.8 Å². The van der Waals surface area contributed by atoms with Crippen LogP contribution in [-0.2, 0) is 13.0 Å². The maximum atomic E-state index is 5.53. The molecular formula is C21H32IN7O. The van der Waals surface area contributed by atoms with Crippen molar-refractivity contribution in [3.63, 3.8) is 0 Å². The number of fused-ring (bicyclic) bond motifs is 1. The maximum Gasteiger partial charge on any atom is 0.193 e. The summed E-state index contributed by atoms with van der Waals surface area (Å²) < 4.78 is 7.78. The minimum absolute atomic E-state index is 0. The van der Waals surface area contributed by atoms with Crippen LogP contribution in [0.2, 0.25) is 0 Å². The predicted molar refractivity (Wildman–Crippen MR) is 130 cm³/mol. The van der Waals surface area contributed by atoms with Crippen LogP contribution in [0.1, 0.15) is 18.1 Å². The van der Waals surface area contributed by atoms with Crippen molar-refractivity contribution < 1.29 is 4.74 Å². The molecule has 2 aliphatic rings. The quantitative estimate of drug-likeness (QED) is 0.375. The first-order chi connectivity index (χ1) is 14.2. The van der Waals surface area contributed by atoms with Crippen LogP contribution in [0.15, 0.2) is 29.3 Å². The maximum absolute atomic E-state index is 5.53. The summed E-state index contributed by atoms with van der Waals surface area (Å²) in [5.74, 6) is 4.64. The Kier molecular flexibility index (Phi) is 7.79. The molecule has 8 nitrogen and oxygen atoms in total. The number of ether oxygens (including phenoxy) is 1. The van der Waals surface area contributed by atoms with Gasteiger partial charge >= 0.3 is 0 Å². The number of methoxy groups -OCH3 is 1. The number of hydrogen-bond acceptors (Lipinski definition) is 5. The Balaban J connectivity index is 0.00000256. The number of nitrogens with one attached hydrogen (secondary N) is 1. The molecule has 1 unspecified atom stereocenters. The predicted octanol–water partition coefficient (Wildman–Crippen LogP) is 2.17. The van der Waals surface area contributed by atoms with Crippen LogP contribution in [0.4, 0.5) is 5.69 Å². The second kappa shape index (κ2) is 10.3. The summed E-state index contributed by atoms with van der Waals surface area (Å²) in [5.41, 5.74) is 1.17. The van der Waals surface area contributed by atoms with Crippen LogP contribution in [0.3, 0.4) is 0 Å². The molecule has 0 amide bonds. The van der Waals surface area contributed by atoms with Crippen LogP contribution >= 0.6 is 24.0 Å². The van der Waals surface area contributed by atoms with Gasteiger partial charge in [0, 0.05) is 52.7 Å². The van der Waals surface area contributed by atoms with Crippen molar-refractivity contribution in [3.8, 4) is 5.75 Å². The number of aliphatic imine (C=N–C) groups is 1. The number of hydrogen-bond donors (Lipinski definition) is 1. The molecule has 0 bridgehead atoms. The van der Waals surface area contributed by atoms with Gasteiger partial charge in [0.05, 0.1) is 12.8 Å². The lowest BCUT2D eigenvalue weighted by Gasteiger charge is -2.38. The van der Waals surface area contributed by atoms with Gasteiger partial charge in [-0.3, -0.25) is 4.99 Å². The lowest BCUT2D eigenvalue weighted by Crippen LogP contribution is -2.53. The molecule has 3 heterocycles. The third kappa shape index (κ3) is 4.81. The zero-order chi connectivity index (χ0) is 20.2. The first kappa shape index (κ1) is 22.6. The second-order valence-corrected chi connectivity index (χ2v) is 7.75. The molecule has 1 atom stereocenters. The van der Waals surface area contributed by atoms with E-state index in [0.29, 0.717) is 5.92 Å². The third-order valence-corrected chi connectivity index (χ3v) is 6.00. The summed E-state index contributed by atoms with van der Waals surface area (Å²) in [6.07, 6.45) is 2.15. The Bertz CT molecular complexity index is 861. The molecule has 1 fully saturated rings. The number of anilines is 1. The fraction of sp³-hybridized carbons (Fsp3) is 0.571. The molecule has 1 aromatic carbocycles. The van der Waals surface area contributed by atoms with Gasteiger partial charge in [-0.15, -0.1) is 34.2 Å². The number of nitrogens with zero attached hydrogens (tertiary/aromatic N) is 6. The Hall–Kier alpha value is -2.04. The van der Waals surface area contributed by atoms with E-state index in [2.05, 4.69) is 47.0 Å². The van der Waals surface area contributed by atoms with E-state index in [9.17, 15) is 0 Å². The number of benzene rings is 1. The zero-order valence-corrected chi connectivity index (χ0v) is 20.4. The number of piperazine rings is 1. The van der Waals surface area contributed by atoms with Gasteiger partial charge in [-0.1, -0.05) is 12.1 Å². The van der Waals surface area contributed by atoms with Gasteiger partial charge < -0.3 is 24.4 Å². The van der Waals surface area contributed by atoms with E-state index >= 15 is 0 Å². The topological polar surface area (TPSA) is 70.8 Å². The molecule has 0 saturated carbocycles. The molecule has 4 rings (SSSR count). The number of halogens is 1. The van der Waals surface area contributed by atoms with Gasteiger partial charge in [0.2, 0.25) is 0 Å². The molecule has 9 heteroatoms. The normalized spacial score (nSPS) is 19.2. The first-order valence-corrected chi connectivity index (χ1v) is 10.4. The van der Waals surface area contributed by atoms with Gasteiger partial charge in [-0.25, -0.2) is 0 Å². The van der Waals surface area contributed by atoms with Crippen LogP contribution in [0.5, 0.6) is 5.75 Å². The summed E-state index contributed by atoms with van der Waals surface area (Å²) in [4.78, 5) is 9.28. The van der Waals surface area contributed by atoms with Gasteiger partial charge in [0.1, 0.15) is 17.4 Å². The van der Waals surface area contributed by atoms with E-state index in [4.69, 9.17) is 4.74 Å². The van der Waals surface area contributed by atoms with Crippen molar-refractivity contribution in [1.29, 1.82) is 0 Å². The second-order valence-electron chi connectivity index (χ2n) is 7.75. The van der Waals surface area contributed by atoms with Gasteiger partial charge in [-0.05, 0) is 31.4 Å². The molecule has 1 aromatic heterocycles. The highest BCUT2D eigenvalue weighted by Gasteiger charge is 2.24. The average molecular weight is 525 g/mol. The summed E-state index contributed by atoms with van der Waals surface area (Å²) >= 11 is 0. The van der Waals surface area contributed by atoms with E-state index in [-0.39, 0.29) is 24.0 Å². The van der Waals surface area contributed by atoms with E-state index < -0.39 is 0 Å². The van der Waals surface area contributed by atoms with E-state index in [1.54, 1.807) is 7.11 Å². The monoisotopic (exact) mass is 525 g/mol. The number of rotatable bonds is 4. The van der Waals surface area contributed by atoms with Gasteiger partial charge in [0.15, 0.2) is 5.96 Å². The van der Waals surface area contributed by atoms with Crippen molar-refractivity contribution in [2.45, 2.75) is 26.3 Å². The zero-order valence-electron chi connectivity index (χ0n) is 18.0. The highest BCUT2D eigenvalue weighted by atomic mass is 127. The van der Waals surface area contributed by atoms with E-state index in [0.717, 1.165) is 75.5 Å². The minimum Gasteiger partial charge on any atom is -0.495 e. The van der Waals surface area contributed by atoms with Gasteiger partial charge in [0.25, 0.3) is 0 Å². The Labute approximate surface area is 195 Å². The van der Waals surface area contributed by atoms with E-state index in [1.807, 2.05) is 26.1 Å². The standard InChI is InChI=1S/C21H31N7O.HI/c1-16-24-25-20-9-8-17(15-28(16)20)14-23-21(22-2)27-12-10-26(11-13-27)18-6-4-5-7-19(18)29-3;/h4-7,17H,8-15H2,1-3H3,(H,22,23);1H. The van der Waals surface area contributed by atoms with Gasteiger partial charge in [-0.2, -0.15) is 0 Å². The molecule has 2 aliphatic heterocycles. The molecule has 0 radical (unpaired) electrons. The largest absolute Gasteiger partial charge is 0.495 e. The molecule has 0 spiro atoms. The summed E-state index contributed by atoms with van der Waals surface area (Å²) in [7, 11) is 3.61. The third-order valence-electron chi connectivity index (χ3n) is 6.00. The van der Waals surface area contributed by atoms with Crippen LogP contribution < -0.4 is 15.0 Å². The molecule has 1 N–H and O–H groups in total. The Morgan fingerprint density at radius 3 is 2.70 bits per heavy atom. The average Bonchev–Trinajstić information content (AvgIpc) is 3.15. The Morgan fingerprint density at radius 1 is 1.20 bits per heavy atom. The van der Waals surface area contributed by atoms with Crippen molar-refractivity contribution in [1.82, 2.24) is 25.0 Å². The van der Waals surface area contributed by atoms with Crippen molar-refractivity contribution >= 4 is 35.6 Å². The molecular weight excluding hydrogens is 493 g/mol. The number of para-hydroxylation sites is 2. The van der Waals surface area contributed by atoms with Crippen LogP contribution in [0, 0.1) is 12.8 Å². The smallest absolute Gasteiger partial charge is 0.193 e. The molecule has 1 saturated heterocycles. The minimum atomic E-state index is 0. The molecule has 2 aromatic rings. The lowest BCUT2D eigenvalue weighted by molar-refractivity contribution is 0.338. The highest BCUT2D eigenvalue weighted by Crippen LogP contribution is 2.28. The number of aromatic nitrogens is 3. The fourth-order valence-electron chi connectivity index (χ4n) is 4.31. The first-order valence-electron chi connectivity index (χ1n) is 10.4. The SMILES string of the molecule is CN=C(NCC1CCc2nnc(C)n2C1)N1CCN(c2ccccc2OC)CC1.I. The van der Waals surface area contributed by atoms with Crippen molar-refractivity contribution in [3.05, 3.63) is 35.9 Å². The number of guanidine groups is 1. The Morgan fingerprint density at radius 2 is 1.97 bits per heavy atom. The van der Waals surface area contributed by atoms with Crippen molar-refractivity contribution in [2.24, 2.45) is 10.9 Å². The molecule has 30 heavy (non-hydrogen) atoms. The fourth-order valence-corrected chi connectivity index (χ4v) is 4.31.